The second-order valence-corrected chi connectivity index (χ2v) is 3.56. The fourth-order valence-electron chi connectivity index (χ4n) is 1.59. The van der Waals surface area contributed by atoms with E-state index in [0.29, 0.717) is 6.54 Å². The largest absolute Gasteiger partial charge is 0.497 e. The van der Waals surface area contributed by atoms with Crippen LogP contribution < -0.4 is 4.74 Å². The van der Waals surface area contributed by atoms with Gasteiger partial charge in [0.2, 0.25) is 0 Å². The van der Waals surface area contributed by atoms with Gasteiger partial charge < -0.3 is 14.4 Å². The first-order chi connectivity index (χ1) is 8.20. The van der Waals surface area contributed by atoms with Gasteiger partial charge in [-0.25, -0.2) is 9.78 Å². The molecule has 0 aliphatic heterocycles. The lowest BCUT2D eigenvalue weighted by Crippen LogP contribution is -2.08. The Morgan fingerprint density at radius 3 is 3.06 bits per heavy atom. The van der Waals surface area contributed by atoms with E-state index in [0.717, 1.165) is 11.3 Å². The van der Waals surface area contributed by atoms with Crippen molar-refractivity contribution in [3.8, 4) is 5.75 Å². The third-order valence-corrected chi connectivity index (χ3v) is 2.42. The molecule has 88 valence electrons. The highest BCUT2D eigenvalue weighted by molar-refractivity contribution is 5.85. The van der Waals surface area contributed by atoms with Gasteiger partial charge in [0.1, 0.15) is 11.4 Å². The van der Waals surface area contributed by atoms with E-state index in [9.17, 15) is 4.79 Å². The molecule has 0 radical (unpaired) electrons. The molecule has 5 nitrogen and oxygen atoms in total. The molecule has 0 spiro atoms. The maximum Gasteiger partial charge on any atom is 0.354 e. The Kier molecular flexibility index (Phi) is 3.09. The van der Waals surface area contributed by atoms with Crippen molar-refractivity contribution in [2.45, 2.75) is 6.54 Å². The summed E-state index contributed by atoms with van der Waals surface area (Å²) in [6.07, 6.45) is 2.84. The number of aromatic nitrogens is 2. The molecule has 1 aromatic heterocycles. The molecule has 0 fully saturated rings. The summed E-state index contributed by atoms with van der Waals surface area (Å²) in [5.41, 5.74) is 1.14. The number of methoxy groups -OCH3 is 1. The van der Waals surface area contributed by atoms with Gasteiger partial charge in [0.15, 0.2) is 0 Å². The lowest BCUT2D eigenvalue weighted by atomic mass is 10.2. The quantitative estimate of drug-likeness (QED) is 0.870. The van der Waals surface area contributed by atoms with Crippen molar-refractivity contribution in [1.82, 2.24) is 9.55 Å². The van der Waals surface area contributed by atoms with E-state index < -0.39 is 5.97 Å². The summed E-state index contributed by atoms with van der Waals surface area (Å²) in [6, 6.07) is 7.49. The van der Waals surface area contributed by atoms with Crippen LogP contribution in [0.3, 0.4) is 0 Å². The lowest BCUT2D eigenvalue weighted by Gasteiger charge is -2.07. The third-order valence-electron chi connectivity index (χ3n) is 2.42. The highest BCUT2D eigenvalue weighted by atomic mass is 16.5. The van der Waals surface area contributed by atoms with Gasteiger partial charge in [0, 0.05) is 6.54 Å². The SMILES string of the molecule is COc1cccc(Cn2cncc2C(=O)O)c1. The van der Waals surface area contributed by atoms with E-state index in [1.54, 1.807) is 11.7 Å². The van der Waals surface area contributed by atoms with Crippen LogP contribution in [0.5, 0.6) is 5.75 Å². The van der Waals surface area contributed by atoms with E-state index in [1.165, 1.54) is 12.5 Å². The summed E-state index contributed by atoms with van der Waals surface area (Å²) < 4.78 is 6.69. The highest BCUT2D eigenvalue weighted by Gasteiger charge is 2.09. The van der Waals surface area contributed by atoms with Crippen LogP contribution in [0.4, 0.5) is 0 Å². The summed E-state index contributed by atoms with van der Waals surface area (Å²) >= 11 is 0. The Balaban J connectivity index is 2.25. The van der Waals surface area contributed by atoms with Crippen LogP contribution in [-0.4, -0.2) is 27.7 Å². The number of aromatic carboxylic acids is 1. The van der Waals surface area contributed by atoms with Crippen molar-refractivity contribution >= 4 is 5.97 Å². The molecule has 0 bridgehead atoms. The van der Waals surface area contributed by atoms with Gasteiger partial charge in [-0.15, -0.1) is 0 Å². The zero-order valence-corrected chi connectivity index (χ0v) is 9.33. The second kappa shape index (κ2) is 4.69. The minimum absolute atomic E-state index is 0.174. The molecule has 0 unspecified atom stereocenters. The summed E-state index contributed by atoms with van der Waals surface area (Å²) in [6.45, 7) is 0.457. The number of ether oxygens (including phenoxy) is 1. The highest BCUT2D eigenvalue weighted by Crippen LogP contribution is 2.14. The Labute approximate surface area is 98.3 Å². The van der Waals surface area contributed by atoms with Crippen LogP contribution in [0.15, 0.2) is 36.8 Å². The van der Waals surface area contributed by atoms with Gasteiger partial charge in [-0.1, -0.05) is 12.1 Å². The standard InChI is InChI=1S/C12H12N2O3/c1-17-10-4-2-3-9(5-10)7-14-8-13-6-11(14)12(15)16/h2-6,8H,7H2,1H3,(H,15,16). The van der Waals surface area contributed by atoms with Crippen molar-refractivity contribution in [3.63, 3.8) is 0 Å². The summed E-state index contributed by atoms with van der Waals surface area (Å²) in [4.78, 5) is 14.7. The van der Waals surface area contributed by atoms with Crippen molar-refractivity contribution in [1.29, 1.82) is 0 Å². The molecule has 5 heteroatoms. The smallest absolute Gasteiger partial charge is 0.354 e. The minimum atomic E-state index is -0.981. The Hall–Kier alpha value is -2.30. The van der Waals surface area contributed by atoms with Crippen molar-refractivity contribution in [2.75, 3.05) is 7.11 Å². The molecule has 0 saturated heterocycles. The minimum Gasteiger partial charge on any atom is -0.497 e. The maximum atomic E-state index is 10.9. The van der Waals surface area contributed by atoms with E-state index in [-0.39, 0.29) is 5.69 Å². The Morgan fingerprint density at radius 2 is 2.35 bits per heavy atom. The number of hydrogen-bond donors (Lipinski definition) is 1. The van der Waals surface area contributed by atoms with E-state index >= 15 is 0 Å². The summed E-state index contributed by atoms with van der Waals surface area (Å²) in [7, 11) is 1.60. The molecular weight excluding hydrogens is 220 g/mol. The molecule has 0 saturated carbocycles. The molecule has 1 heterocycles. The molecule has 1 aromatic carbocycles. The molecule has 0 aliphatic carbocycles. The normalized spacial score (nSPS) is 10.2. The van der Waals surface area contributed by atoms with Crippen LogP contribution in [0, 0.1) is 0 Å². The molecule has 1 N–H and O–H groups in total. The van der Waals surface area contributed by atoms with E-state index in [2.05, 4.69) is 4.98 Å². The van der Waals surface area contributed by atoms with Crippen LogP contribution >= 0.6 is 0 Å². The van der Waals surface area contributed by atoms with Gasteiger partial charge in [-0.3, -0.25) is 0 Å². The summed E-state index contributed by atoms with van der Waals surface area (Å²) in [5.74, 6) is -0.232. The lowest BCUT2D eigenvalue weighted by molar-refractivity contribution is 0.0685. The Bertz CT molecular complexity index is 534. The molecule has 2 aromatic rings. The molecule has 0 amide bonds. The second-order valence-electron chi connectivity index (χ2n) is 3.56. The van der Waals surface area contributed by atoms with Gasteiger partial charge in [-0.2, -0.15) is 0 Å². The van der Waals surface area contributed by atoms with Gasteiger partial charge >= 0.3 is 5.97 Å². The summed E-state index contributed by atoms with van der Waals surface area (Å²) in [5, 5.41) is 8.95. The number of carboxylic acids is 1. The van der Waals surface area contributed by atoms with E-state index in [1.807, 2.05) is 24.3 Å². The van der Waals surface area contributed by atoms with Crippen LogP contribution in [0.1, 0.15) is 16.1 Å². The molecule has 2 rings (SSSR count). The monoisotopic (exact) mass is 232 g/mol. The number of imidazole rings is 1. The van der Waals surface area contributed by atoms with Crippen molar-refractivity contribution < 1.29 is 14.6 Å². The average Bonchev–Trinajstić information content (AvgIpc) is 2.77. The zero-order valence-electron chi connectivity index (χ0n) is 9.33. The first-order valence-corrected chi connectivity index (χ1v) is 5.07. The maximum absolute atomic E-state index is 10.9. The first kappa shape index (κ1) is 11.2. The van der Waals surface area contributed by atoms with Crippen LogP contribution in [0.25, 0.3) is 0 Å². The first-order valence-electron chi connectivity index (χ1n) is 5.07. The number of hydrogen-bond acceptors (Lipinski definition) is 3. The Morgan fingerprint density at radius 1 is 1.53 bits per heavy atom. The predicted molar refractivity (Wildman–Crippen MR) is 61.3 cm³/mol. The molecule has 0 atom stereocenters. The third kappa shape index (κ3) is 2.44. The van der Waals surface area contributed by atoms with Gasteiger partial charge in [0.25, 0.3) is 0 Å². The number of rotatable bonds is 4. The van der Waals surface area contributed by atoms with Crippen molar-refractivity contribution in [2.24, 2.45) is 0 Å². The van der Waals surface area contributed by atoms with Crippen molar-refractivity contribution in [3.05, 3.63) is 48.0 Å². The predicted octanol–water partition coefficient (Wildman–Crippen LogP) is 1.64. The van der Waals surface area contributed by atoms with Crippen LogP contribution in [0.2, 0.25) is 0 Å². The van der Waals surface area contributed by atoms with E-state index in [4.69, 9.17) is 9.84 Å². The number of carbonyl (C=O) groups is 1. The number of nitrogens with zero attached hydrogens (tertiary/aromatic N) is 2. The topological polar surface area (TPSA) is 64.4 Å². The molecule has 0 aliphatic rings. The number of carboxylic acid groups (broad SMARTS) is 1. The fourth-order valence-corrected chi connectivity index (χ4v) is 1.59. The fraction of sp³-hybridized carbons (Fsp3) is 0.167. The van der Waals surface area contributed by atoms with Crippen LogP contribution in [-0.2, 0) is 6.54 Å². The molecular formula is C12H12N2O3. The average molecular weight is 232 g/mol. The number of benzene rings is 1. The molecule has 17 heavy (non-hydrogen) atoms. The van der Waals surface area contributed by atoms with Gasteiger partial charge in [-0.05, 0) is 17.7 Å². The zero-order chi connectivity index (χ0) is 12.3. The van der Waals surface area contributed by atoms with Gasteiger partial charge in [0.05, 0.1) is 19.6 Å².